The molecule has 370 valence electrons. The van der Waals surface area contributed by atoms with Gasteiger partial charge in [0.25, 0.3) is 7.82 Å². The number of carbonyl (C=O) groups excluding carboxylic acids is 2. The van der Waals surface area contributed by atoms with Crippen molar-refractivity contribution in [2.24, 2.45) is 11.8 Å². The van der Waals surface area contributed by atoms with Crippen molar-refractivity contribution in [1.29, 1.82) is 0 Å². The highest BCUT2D eigenvalue weighted by Crippen LogP contribution is 2.39. The number of rotatable bonds is 42. The number of phosphoric acid groups is 1. The molecule has 12 nitrogen and oxygen atoms in total. The molecule has 1 aliphatic rings. The number of allylic oxidation sites excluding steroid dienone is 2. The number of aliphatic hydroxyl groups is 3. The standard InChI is InChI=1S/C50H94NO11P/c1-6-8-10-11-12-13-14-15-16-17-18-19-20-21-22-23-24-25-31-35-50(56)62-44(42-61-63(57,58)60-39-38-51(3,4)5)41-59-49(55)34-30-27-26-29-33-45-46(48(54)40-47(45)53)37-36-43(52)32-28-9-7-2/h26,29,36-37,43-48,52-54H,6-25,27-28,30-35,38-42H2,1-5H3/b29-26+,37-36+/t43-,44+,45+,46+,47-,48+/m0/s1. The van der Waals surface area contributed by atoms with Crippen LogP contribution in [0.25, 0.3) is 0 Å². The first-order valence-corrected chi connectivity index (χ1v) is 26.8. The second-order valence-corrected chi connectivity index (χ2v) is 20.6. The van der Waals surface area contributed by atoms with Crippen LogP contribution in [0.15, 0.2) is 24.3 Å². The molecule has 3 N–H and O–H groups in total. The average Bonchev–Trinajstić information content (AvgIpc) is 3.50. The molecule has 0 aliphatic heterocycles. The Morgan fingerprint density at radius 2 is 1.22 bits per heavy atom. The maximum atomic E-state index is 12.8. The lowest BCUT2D eigenvalue weighted by atomic mass is 9.89. The van der Waals surface area contributed by atoms with Crippen molar-refractivity contribution in [1.82, 2.24) is 0 Å². The van der Waals surface area contributed by atoms with E-state index >= 15 is 0 Å². The summed E-state index contributed by atoms with van der Waals surface area (Å²) in [5.74, 6) is -1.42. The van der Waals surface area contributed by atoms with Crippen molar-refractivity contribution in [2.75, 3.05) is 47.5 Å². The lowest BCUT2D eigenvalue weighted by molar-refractivity contribution is -0.870. The number of esters is 2. The second kappa shape index (κ2) is 37.5. The molecule has 0 heterocycles. The highest BCUT2D eigenvalue weighted by molar-refractivity contribution is 7.45. The van der Waals surface area contributed by atoms with Crippen LogP contribution in [-0.4, -0.2) is 104 Å². The fraction of sp³-hybridized carbons (Fsp3) is 0.880. The van der Waals surface area contributed by atoms with Gasteiger partial charge in [0, 0.05) is 25.2 Å². The quantitative estimate of drug-likeness (QED) is 0.0175. The molecule has 1 rings (SSSR count). The number of carbonyl (C=O) groups is 2. The summed E-state index contributed by atoms with van der Waals surface area (Å²) in [6, 6.07) is 0. The molecule has 1 fully saturated rings. The van der Waals surface area contributed by atoms with Crippen molar-refractivity contribution in [3.05, 3.63) is 24.3 Å². The highest BCUT2D eigenvalue weighted by atomic mass is 31.2. The minimum Gasteiger partial charge on any atom is -0.756 e. The van der Waals surface area contributed by atoms with Gasteiger partial charge in [-0.05, 0) is 38.0 Å². The predicted octanol–water partition coefficient (Wildman–Crippen LogP) is 10.4. The summed E-state index contributed by atoms with van der Waals surface area (Å²) in [6.45, 7) is 3.88. The number of hydrogen-bond donors (Lipinski definition) is 3. The largest absolute Gasteiger partial charge is 0.756 e. The molecule has 0 amide bonds. The number of nitrogens with zero attached hydrogens (tertiary/aromatic N) is 1. The lowest BCUT2D eigenvalue weighted by Crippen LogP contribution is -2.37. The Morgan fingerprint density at radius 1 is 0.698 bits per heavy atom. The number of phosphoric ester groups is 1. The van der Waals surface area contributed by atoms with Gasteiger partial charge in [-0.25, -0.2) is 0 Å². The molecule has 1 unspecified atom stereocenters. The molecule has 0 radical (unpaired) electrons. The third-order valence-electron chi connectivity index (χ3n) is 12.0. The topological polar surface area (TPSA) is 172 Å². The zero-order valence-electron chi connectivity index (χ0n) is 40.6. The van der Waals surface area contributed by atoms with Crippen LogP contribution in [0.1, 0.15) is 200 Å². The maximum Gasteiger partial charge on any atom is 0.306 e. The second-order valence-electron chi connectivity index (χ2n) is 19.2. The van der Waals surface area contributed by atoms with Crippen molar-refractivity contribution in [3.8, 4) is 0 Å². The van der Waals surface area contributed by atoms with E-state index < -0.39 is 50.8 Å². The fourth-order valence-electron chi connectivity index (χ4n) is 8.00. The van der Waals surface area contributed by atoms with Crippen LogP contribution < -0.4 is 4.89 Å². The van der Waals surface area contributed by atoms with Crippen molar-refractivity contribution >= 4 is 19.8 Å². The van der Waals surface area contributed by atoms with E-state index in [0.29, 0.717) is 49.6 Å². The normalized spacial score (nSPS) is 20.1. The van der Waals surface area contributed by atoms with Crippen molar-refractivity contribution in [2.45, 2.75) is 224 Å². The SMILES string of the molecule is CCCCCCCCCCCCCCCCCCCCCC(=O)O[C@H](COC(=O)CCC/C=C/C[C@@H]1[C@@H](/C=C/[C@@H](O)CCCCC)[C@H](O)C[C@@H]1O)COP(=O)([O-])OCC[N+](C)(C)C. The van der Waals surface area contributed by atoms with E-state index in [1.165, 1.54) is 96.3 Å². The van der Waals surface area contributed by atoms with Gasteiger partial charge in [0.15, 0.2) is 6.10 Å². The smallest absolute Gasteiger partial charge is 0.306 e. The fourth-order valence-corrected chi connectivity index (χ4v) is 8.73. The molecule has 0 saturated heterocycles. The number of unbranched alkanes of at least 4 members (excludes halogenated alkanes) is 21. The van der Waals surface area contributed by atoms with Crippen LogP contribution in [0, 0.1) is 11.8 Å². The summed E-state index contributed by atoms with van der Waals surface area (Å²) in [7, 11) is 1.04. The molecule has 1 aliphatic carbocycles. The Kier molecular flexibility index (Phi) is 35.3. The van der Waals surface area contributed by atoms with Crippen LogP contribution in [-0.2, 0) is 32.7 Å². The monoisotopic (exact) mass is 916 g/mol. The Bertz CT molecular complexity index is 1240. The van der Waals surface area contributed by atoms with Gasteiger partial charge in [0.2, 0.25) is 0 Å². The Labute approximate surface area is 384 Å². The Morgan fingerprint density at radius 3 is 1.78 bits per heavy atom. The van der Waals surface area contributed by atoms with Gasteiger partial charge in [-0.2, -0.15) is 0 Å². The van der Waals surface area contributed by atoms with Crippen LogP contribution in [0.5, 0.6) is 0 Å². The van der Waals surface area contributed by atoms with Crippen molar-refractivity contribution in [3.63, 3.8) is 0 Å². The number of likely N-dealkylation sites (N-methyl/N-ethyl adjacent to an activating group) is 1. The third kappa shape index (κ3) is 34.4. The summed E-state index contributed by atoms with van der Waals surface area (Å²) in [6.07, 6.45) is 34.4. The molecular formula is C50H94NO11P. The molecule has 0 spiro atoms. The molecule has 0 bridgehead atoms. The van der Waals surface area contributed by atoms with Gasteiger partial charge in [-0.15, -0.1) is 0 Å². The molecule has 0 aromatic carbocycles. The van der Waals surface area contributed by atoms with Gasteiger partial charge in [-0.1, -0.05) is 173 Å². The van der Waals surface area contributed by atoms with Gasteiger partial charge < -0.3 is 43.2 Å². The minimum atomic E-state index is -4.69. The molecule has 0 aromatic heterocycles. The lowest BCUT2D eigenvalue weighted by Gasteiger charge is -2.28. The summed E-state index contributed by atoms with van der Waals surface area (Å²) in [5.41, 5.74) is 0. The molecular weight excluding hydrogens is 822 g/mol. The zero-order valence-corrected chi connectivity index (χ0v) is 41.5. The zero-order chi connectivity index (χ0) is 46.6. The van der Waals surface area contributed by atoms with Crippen LogP contribution in [0.4, 0.5) is 0 Å². The third-order valence-corrected chi connectivity index (χ3v) is 13.0. The van der Waals surface area contributed by atoms with E-state index in [9.17, 15) is 34.4 Å². The number of aliphatic hydroxyl groups excluding tert-OH is 3. The molecule has 13 heteroatoms. The van der Waals surface area contributed by atoms with Gasteiger partial charge >= 0.3 is 11.9 Å². The van der Waals surface area contributed by atoms with E-state index in [0.717, 1.165) is 38.5 Å². The molecule has 1 saturated carbocycles. The number of hydrogen-bond acceptors (Lipinski definition) is 11. The van der Waals surface area contributed by atoms with Gasteiger partial charge in [0.1, 0.15) is 19.8 Å². The Balaban J connectivity index is 2.41. The van der Waals surface area contributed by atoms with Crippen molar-refractivity contribution < 1.29 is 57.4 Å². The van der Waals surface area contributed by atoms with E-state index in [-0.39, 0.29) is 37.9 Å². The molecule has 63 heavy (non-hydrogen) atoms. The summed E-state index contributed by atoms with van der Waals surface area (Å²) in [5, 5.41) is 31.4. The van der Waals surface area contributed by atoms with Gasteiger partial charge in [-0.3, -0.25) is 14.2 Å². The van der Waals surface area contributed by atoms with Crippen LogP contribution >= 0.6 is 7.82 Å². The van der Waals surface area contributed by atoms with E-state index in [1.807, 2.05) is 39.4 Å². The number of ether oxygens (including phenoxy) is 2. The predicted molar refractivity (Wildman–Crippen MR) is 252 cm³/mol. The highest BCUT2D eigenvalue weighted by Gasteiger charge is 2.39. The first-order valence-electron chi connectivity index (χ1n) is 25.3. The first kappa shape index (κ1) is 59.4. The molecule has 0 aromatic rings. The summed E-state index contributed by atoms with van der Waals surface area (Å²) >= 11 is 0. The van der Waals surface area contributed by atoms with Crippen LogP contribution in [0.3, 0.4) is 0 Å². The minimum absolute atomic E-state index is 0.0677. The number of quaternary nitrogens is 1. The first-order chi connectivity index (χ1) is 30.2. The van der Waals surface area contributed by atoms with E-state index in [2.05, 4.69) is 13.8 Å². The van der Waals surface area contributed by atoms with Gasteiger partial charge in [0.05, 0.1) is 46.1 Å². The van der Waals surface area contributed by atoms with Crippen LogP contribution in [0.2, 0.25) is 0 Å². The van der Waals surface area contributed by atoms with E-state index in [1.54, 1.807) is 6.08 Å². The molecule has 7 atom stereocenters. The summed E-state index contributed by atoms with van der Waals surface area (Å²) in [4.78, 5) is 37.9. The average molecular weight is 916 g/mol. The summed E-state index contributed by atoms with van der Waals surface area (Å²) < 4.78 is 34.0. The van der Waals surface area contributed by atoms with E-state index in [4.69, 9.17) is 18.5 Å². The maximum absolute atomic E-state index is 12.8. The Hall–Kier alpha value is -1.63.